The van der Waals surface area contributed by atoms with Crippen LogP contribution in [0.5, 0.6) is 0 Å². The van der Waals surface area contributed by atoms with Crippen LogP contribution in [0.3, 0.4) is 0 Å². The number of nitrogens with zero attached hydrogens (tertiary/aromatic N) is 1. The molecule has 0 fully saturated rings. The van der Waals surface area contributed by atoms with E-state index in [1.807, 2.05) is 0 Å². The van der Waals surface area contributed by atoms with Crippen LogP contribution in [0, 0.1) is 0 Å². The molecule has 1 nitrogen and oxygen atoms in total. The van der Waals surface area contributed by atoms with Gasteiger partial charge in [0, 0.05) is 22.4 Å². The summed E-state index contributed by atoms with van der Waals surface area (Å²) in [5, 5.41) is 10.1. The Morgan fingerprint density at radius 3 is 1.86 bits per heavy atom. The molecular weight excluding hydrogens is 603 g/mol. The first kappa shape index (κ1) is 28.8. The van der Waals surface area contributed by atoms with E-state index in [4.69, 9.17) is 0 Å². The van der Waals surface area contributed by atoms with Crippen molar-refractivity contribution in [1.29, 1.82) is 0 Å². The second-order valence-electron chi connectivity index (χ2n) is 14.2. The van der Waals surface area contributed by atoms with Crippen molar-refractivity contribution in [2.24, 2.45) is 0 Å². The first-order valence-corrected chi connectivity index (χ1v) is 17.5. The van der Waals surface area contributed by atoms with Crippen molar-refractivity contribution in [3.63, 3.8) is 0 Å². The Labute approximate surface area is 292 Å². The molecule has 50 heavy (non-hydrogen) atoms. The van der Waals surface area contributed by atoms with E-state index in [-0.39, 0.29) is 5.41 Å². The summed E-state index contributed by atoms with van der Waals surface area (Å²) >= 11 is 0. The van der Waals surface area contributed by atoms with Crippen LogP contribution in [0.25, 0.3) is 65.3 Å². The summed E-state index contributed by atoms with van der Waals surface area (Å²) in [6.07, 6.45) is 0. The molecule has 0 amide bonds. The van der Waals surface area contributed by atoms with E-state index in [0.29, 0.717) is 0 Å². The fourth-order valence-corrected chi connectivity index (χ4v) is 8.51. The fourth-order valence-electron chi connectivity index (χ4n) is 8.51. The zero-order valence-electron chi connectivity index (χ0n) is 28.2. The topological polar surface area (TPSA) is 3.24 Å². The van der Waals surface area contributed by atoms with Gasteiger partial charge in [-0.1, -0.05) is 153 Å². The lowest BCUT2D eigenvalue weighted by Gasteiger charge is -2.29. The molecule has 1 heteroatoms. The van der Waals surface area contributed by atoms with Crippen molar-refractivity contribution in [2.75, 3.05) is 4.90 Å². The molecule has 0 aliphatic heterocycles. The number of hydrogen-bond acceptors (Lipinski definition) is 1. The summed E-state index contributed by atoms with van der Waals surface area (Å²) in [6, 6.07) is 65.1. The average molecular weight is 638 g/mol. The fraction of sp³-hybridized carbons (Fsp3) is 0.0612. The Morgan fingerprint density at radius 1 is 0.380 bits per heavy atom. The van der Waals surface area contributed by atoms with Crippen LogP contribution in [-0.4, -0.2) is 0 Å². The summed E-state index contributed by atoms with van der Waals surface area (Å²) < 4.78 is 0. The van der Waals surface area contributed by atoms with Crippen molar-refractivity contribution < 1.29 is 0 Å². The first-order chi connectivity index (χ1) is 24.5. The summed E-state index contributed by atoms with van der Waals surface area (Å²) in [7, 11) is 0. The minimum absolute atomic E-state index is 0.0505. The number of rotatable bonds is 4. The van der Waals surface area contributed by atoms with E-state index in [1.54, 1.807) is 0 Å². The molecule has 0 heterocycles. The van der Waals surface area contributed by atoms with Gasteiger partial charge in [0.1, 0.15) is 0 Å². The van der Waals surface area contributed by atoms with Gasteiger partial charge in [-0.05, 0) is 107 Å². The summed E-state index contributed by atoms with van der Waals surface area (Å²) in [6.45, 7) is 4.70. The quantitative estimate of drug-likeness (QED) is 0.174. The van der Waals surface area contributed by atoms with Gasteiger partial charge in [0.2, 0.25) is 0 Å². The third-order valence-electron chi connectivity index (χ3n) is 11.0. The second-order valence-corrected chi connectivity index (χ2v) is 14.2. The molecule has 0 unspecified atom stereocenters. The number of anilines is 3. The molecular formula is C49H35N. The second kappa shape index (κ2) is 10.9. The number of hydrogen-bond donors (Lipinski definition) is 0. The predicted molar refractivity (Wildman–Crippen MR) is 214 cm³/mol. The monoisotopic (exact) mass is 637 g/mol. The molecule has 0 saturated heterocycles. The molecule has 1 aliphatic carbocycles. The van der Waals surface area contributed by atoms with Gasteiger partial charge in [-0.3, -0.25) is 0 Å². The van der Waals surface area contributed by atoms with E-state index in [1.165, 1.54) is 76.5 Å². The van der Waals surface area contributed by atoms with Crippen LogP contribution in [0.2, 0.25) is 0 Å². The lowest BCUT2D eigenvalue weighted by molar-refractivity contribution is 0.660. The van der Waals surface area contributed by atoms with Crippen LogP contribution < -0.4 is 4.90 Å². The summed E-state index contributed by atoms with van der Waals surface area (Å²) in [4.78, 5) is 2.46. The molecule has 0 saturated carbocycles. The highest BCUT2D eigenvalue weighted by Crippen LogP contribution is 2.51. The molecule has 9 aromatic carbocycles. The van der Waals surface area contributed by atoms with E-state index in [9.17, 15) is 0 Å². The molecule has 9 aromatic rings. The molecule has 1 aliphatic rings. The highest BCUT2D eigenvalue weighted by Gasteiger charge is 2.35. The maximum atomic E-state index is 2.46. The Bertz CT molecular complexity index is 2800. The highest BCUT2D eigenvalue weighted by molar-refractivity contribution is 6.20. The highest BCUT2D eigenvalue weighted by atomic mass is 15.1. The molecule has 0 aromatic heterocycles. The minimum Gasteiger partial charge on any atom is -0.310 e. The Morgan fingerprint density at radius 2 is 0.980 bits per heavy atom. The molecule has 0 atom stereocenters. The van der Waals surface area contributed by atoms with Crippen molar-refractivity contribution in [2.45, 2.75) is 19.3 Å². The lowest BCUT2D eigenvalue weighted by Crippen LogP contribution is -2.15. The van der Waals surface area contributed by atoms with Gasteiger partial charge in [-0.25, -0.2) is 0 Å². The summed E-state index contributed by atoms with van der Waals surface area (Å²) in [5.41, 5.74) is 11.2. The average Bonchev–Trinajstić information content (AvgIpc) is 3.40. The van der Waals surface area contributed by atoms with Crippen molar-refractivity contribution >= 4 is 60.2 Å². The lowest BCUT2D eigenvalue weighted by atomic mass is 9.82. The first-order valence-electron chi connectivity index (χ1n) is 17.5. The van der Waals surface area contributed by atoms with Gasteiger partial charge in [0.05, 0.1) is 5.69 Å². The van der Waals surface area contributed by atoms with Crippen molar-refractivity contribution in [3.8, 4) is 22.3 Å². The van der Waals surface area contributed by atoms with Crippen LogP contribution in [0.4, 0.5) is 17.1 Å². The van der Waals surface area contributed by atoms with Gasteiger partial charge >= 0.3 is 0 Å². The third-order valence-corrected chi connectivity index (χ3v) is 11.0. The van der Waals surface area contributed by atoms with Crippen LogP contribution in [0.1, 0.15) is 25.0 Å². The van der Waals surface area contributed by atoms with Crippen molar-refractivity contribution in [3.05, 3.63) is 187 Å². The smallest absolute Gasteiger partial charge is 0.0540 e. The third kappa shape index (κ3) is 4.33. The Kier molecular flexibility index (Phi) is 6.29. The van der Waals surface area contributed by atoms with E-state index in [0.717, 1.165) is 17.1 Å². The molecule has 0 spiro atoms. The maximum Gasteiger partial charge on any atom is 0.0540 e. The molecule has 0 radical (unpaired) electrons. The van der Waals surface area contributed by atoms with Crippen LogP contribution in [-0.2, 0) is 5.41 Å². The normalized spacial score (nSPS) is 13.2. The van der Waals surface area contributed by atoms with Gasteiger partial charge in [0.25, 0.3) is 0 Å². The molecule has 10 rings (SSSR count). The standard InChI is InChI=1S/C49H35N/c1-49(2)45-17-9-7-16-43(45)44-31-39(26-28-46(44)49)50(47-18-10-8-14-40(47)36-23-19-32-11-3-4-13-35(32)29-36)38-25-27-42-37(30-38)24-22-34-21-20-33-12-5-6-15-41(33)48(34)42/h3-31H,1-2H3. The predicted octanol–water partition coefficient (Wildman–Crippen LogP) is 13.7. The summed E-state index contributed by atoms with van der Waals surface area (Å²) in [5.74, 6) is 0. The van der Waals surface area contributed by atoms with E-state index < -0.39 is 0 Å². The van der Waals surface area contributed by atoms with Gasteiger partial charge in [-0.15, -0.1) is 0 Å². The minimum atomic E-state index is -0.0505. The SMILES string of the molecule is CC1(C)c2ccccc2-c2cc(N(c3ccc4c(ccc5ccc6ccccc6c54)c3)c3ccccc3-c3ccc4ccccc4c3)ccc21. The van der Waals surface area contributed by atoms with E-state index >= 15 is 0 Å². The Hall–Kier alpha value is -6.18. The zero-order valence-corrected chi connectivity index (χ0v) is 28.2. The maximum absolute atomic E-state index is 2.46. The van der Waals surface area contributed by atoms with Crippen molar-refractivity contribution in [1.82, 2.24) is 0 Å². The van der Waals surface area contributed by atoms with Gasteiger partial charge < -0.3 is 4.90 Å². The molecule has 236 valence electrons. The number of fused-ring (bicyclic) bond motifs is 9. The van der Waals surface area contributed by atoms with Gasteiger partial charge in [-0.2, -0.15) is 0 Å². The largest absolute Gasteiger partial charge is 0.310 e. The number of para-hydroxylation sites is 1. The van der Waals surface area contributed by atoms with Crippen LogP contribution in [0.15, 0.2) is 176 Å². The zero-order chi connectivity index (χ0) is 33.4. The number of benzene rings is 9. The molecule has 0 N–H and O–H groups in total. The van der Waals surface area contributed by atoms with Gasteiger partial charge in [0.15, 0.2) is 0 Å². The Balaban J connectivity index is 1.22. The van der Waals surface area contributed by atoms with E-state index in [2.05, 4.69) is 195 Å². The molecule has 0 bridgehead atoms. The van der Waals surface area contributed by atoms with Crippen LogP contribution >= 0.6 is 0 Å².